The molecule has 1 aliphatic rings. The summed E-state index contributed by atoms with van der Waals surface area (Å²) in [5.74, 6) is -1.34. The lowest BCUT2D eigenvalue weighted by Crippen LogP contribution is -2.53. The lowest BCUT2D eigenvalue weighted by Gasteiger charge is -2.34. The zero-order valence-corrected chi connectivity index (χ0v) is 15.8. The Hall–Kier alpha value is -1.63. The first kappa shape index (κ1) is 21.4. The predicted molar refractivity (Wildman–Crippen MR) is 92.7 cm³/mol. The molecule has 2 N–H and O–H groups in total. The number of esters is 1. The third kappa shape index (κ3) is 7.02. The molecule has 0 spiro atoms. The van der Waals surface area contributed by atoms with Gasteiger partial charge in [0.05, 0.1) is 12.5 Å². The van der Waals surface area contributed by atoms with Crippen molar-refractivity contribution in [1.29, 1.82) is 0 Å². The zero-order valence-electron chi connectivity index (χ0n) is 15.8. The minimum Gasteiger partial charge on any atom is -0.461 e. The number of hydrogen-bond donors (Lipinski definition) is 2. The first-order valence-electron chi connectivity index (χ1n) is 9.10. The minimum absolute atomic E-state index is 0.0480. The molecule has 1 aliphatic carbocycles. The van der Waals surface area contributed by atoms with Crippen molar-refractivity contribution in [2.45, 2.75) is 78.4 Å². The molecule has 0 radical (unpaired) electrons. The van der Waals surface area contributed by atoms with Crippen LogP contribution in [0, 0.1) is 11.3 Å². The van der Waals surface area contributed by atoms with E-state index in [-0.39, 0.29) is 25.0 Å². The molecule has 0 aromatic carbocycles. The van der Waals surface area contributed by atoms with Gasteiger partial charge in [-0.1, -0.05) is 40.5 Å². The van der Waals surface area contributed by atoms with E-state index in [1.165, 1.54) is 0 Å². The monoisotopic (exact) mass is 356 g/mol. The molecule has 0 bridgehead atoms. The van der Waals surface area contributed by atoms with Gasteiger partial charge in [-0.15, -0.1) is 0 Å². The number of nitrogens with zero attached hydrogens (tertiary/aromatic N) is 1. The van der Waals surface area contributed by atoms with E-state index in [0.29, 0.717) is 11.5 Å². The fourth-order valence-electron chi connectivity index (χ4n) is 2.63. The molecule has 2 unspecified atom stereocenters. The molecule has 25 heavy (non-hydrogen) atoms. The van der Waals surface area contributed by atoms with Crippen molar-refractivity contribution in [3.63, 3.8) is 0 Å². The SMILES string of the molecule is CCCCC(CN(O)C=O)C(=O)NC(C(=O)OC1CCC1)C(C)(C)C. The molecule has 144 valence electrons. The Bertz CT molecular complexity index is 457. The van der Waals surface area contributed by atoms with Gasteiger partial charge < -0.3 is 10.1 Å². The van der Waals surface area contributed by atoms with Gasteiger partial charge in [0.25, 0.3) is 0 Å². The van der Waals surface area contributed by atoms with Crippen molar-refractivity contribution in [2.75, 3.05) is 6.54 Å². The molecule has 0 aromatic heterocycles. The van der Waals surface area contributed by atoms with Crippen LogP contribution in [0.25, 0.3) is 0 Å². The van der Waals surface area contributed by atoms with Crippen molar-refractivity contribution in [1.82, 2.24) is 10.4 Å². The van der Waals surface area contributed by atoms with E-state index in [0.717, 1.165) is 32.1 Å². The highest BCUT2D eigenvalue weighted by Crippen LogP contribution is 2.26. The topological polar surface area (TPSA) is 95.9 Å². The number of rotatable bonds is 10. The number of hydrogen-bond acceptors (Lipinski definition) is 5. The fraction of sp³-hybridized carbons (Fsp3) is 0.833. The lowest BCUT2D eigenvalue weighted by molar-refractivity contribution is -0.162. The number of hydroxylamine groups is 2. The molecule has 1 fully saturated rings. The van der Waals surface area contributed by atoms with Gasteiger partial charge in [0.15, 0.2) is 0 Å². The summed E-state index contributed by atoms with van der Waals surface area (Å²) in [4.78, 5) is 35.8. The molecule has 0 aromatic rings. The molecule has 1 saturated carbocycles. The summed E-state index contributed by atoms with van der Waals surface area (Å²) < 4.78 is 5.47. The van der Waals surface area contributed by atoms with Gasteiger partial charge in [-0.3, -0.25) is 14.8 Å². The number of carbonyl (C=O) groups excluding carboxylic acids is 3. The maximum atomic E-state index is 12.7. The zero-order chi connectivity index (χ0) is 19.0. The second kappa shape index (κ2) is 9.75. The standard InChI is InChI=1S/C18H32N2O5/c1-5-6-8-13(11-20(24)12-21)16(22)19-15(18(2,3)4)17(23)25-14-9-7-10-14/h12-15,24H,5-11H2,1-4H3,(H,19,22). The summed E-state index contributed by atoms with van der Waals surface area (Å²) >= 11 is 0. The van der Waals surface area contributed by atoms with E-state index >= 15 is 0 Å². The van der Waals surface area contributed by atoms with E-state index < -0.39 is 23.3 Å². The van der Waals surface area contributed by atoms with Crippen LogP contribution >= 0.6 is 0 Å². The van der Waals surface area contributed by atoms with Crippen LogP contribution in [0.3, 0.4) is 0 Å². The molecule has 2 atom stereocenters. The Morgan fingerprint density at radius 2 is 2.00 bits per heavy atom. The van der Waals surface area contributed by atoms with Gasteiger partial charge in [-0.05, 0) is 31.1 Å². The van der Waals surface area contributed by atoms with Crippen LogP contribution in [0.5, 0.6) is 0 Å². The van der Waals surface area contributed by atoms with Crippen molar-refractivity contribution in [3.8, 4) is 0 Å². The maximum Gasteiger partial charge on any atom is 0.329 e. The summed E-state index contributed by atoms with van der Waals surface area (Å²) in [6, 6.07) is -0.770. The summed E-state index contributed by atoms with van der Waals surface area (Å²) in [6.07, 6.45) is 5.23. The Balaban J connectivity index is 2.77. The smallest absolute Gasteiger partial charge is 0.329 e. The molecule has 2 amide bonds. The Kier molecular flexibility index (Phi) is 8.35. The Labute approximate surface area is 150 Å². The third-order valence-electron chi connectivity index (χ3n) is 4.53. The van der Waals surface area contributed by atoms with Gasteiger partial charge in [0.2, 0.25) is 12.3 Å². The Morgan fingerprint density at radius 1 is 1.36 bits per heavy atom. The van der Waals surface area contributed by atoms with E-state index in [1.807, 2.05) is 27.7 Å². The third-order valence-corrected chi connectivity index (χ3v) is 4.53. The van der Waals surface area contributed by atoms with Gasteiger partial charge in [0.1, 0.15) is 12.1 Å². The van der Waals surface area contributed by atoms with Crippen molar-refractivity contribution in [3.05, 3.63) is 0 Å². The summed E-state index contributed by atoms with van der Waals surface area (Å²) in [7, 11) is 0. The summed E-state index contributed by atoms with van der Waals surface area (Å²) in [5, 5.41) is 12.7. The second-order valence-corrected chi connectivity index (χ2v) is 7.86. The quantitative estimate of drug-likeness (QED) is 0.271. The van der Waals surface area contributed by atoms with Crippen LogP contribution in [0.1, 0.15) is 66.2 Å². The van der Waals surface area contributed by atoms with Gasteiger partial charge in [-0.25, -0.2) is 9.86 Å². The van der Waals surface area contributed by atoms with Crippen LogP contribution in [0.15, 0.2) is 0 Å². The van der Waals surface area contributed by atoms with E-state index in [1.54, 1.807) is 0 Å². The van der Waals surface area contributed by atoms with Crippen LogP contribution in [-0.4, -0.2) is 47.2 Å². The lowest BCUT2D eigenvalue weighted by atomic mass is 9.85. The molecule has 0 heterocycles. The highest BCUT2D eigenvalue weighted by atomic mass is 16.5. The normalized spacial score (nSPS) is 17.2. The summed E-state index contributed by atoms with van der Waals surface area (Å²) in [5.41, 5.74) is -0.505. The molecule has 0 saturated heterocycles. The van der Waals surface area contributed by atoms with E-state index in [2.05, 4.69) is 5.32 Å². The average molecular weight is 356 g/mol. The van der Waals surface area contributed by atoms with Crippen molar-refractivity contribution >= 4 is 18.3 Å². The maximum absolute atomic E-state index is 12.7. The molecule has 1 rings (SSSR count). The van der Waals surface area contributed by atoms with E-state index in [4.69, 9.17) is 4.74 Å². The molecule has 0 aliphatic heterocycles. The van der Waals surface area contributed by atoms with Crippen molar-refractivity contribution < 1.29 is 24.3 Å². The number of amides is 2. The van der Waals surface area contributed by atoms with Crippen LogP contribution in [0.2, 0.25) is 0 Å². The predicted octanol–water partition coefficient (Wildman–Crippen LogP) is 2.27. The number of ether oxygens (including phenoxy) is 1. The molecular weight excluding hydrogens is 324 g/mol. The van der Waals surface area contributed by atoms with Crippen LogP contribution in [0.4, 0.5) is 0 Å². The second-order valence-electron chi connectivity index (χ2n) is 7.86. The molecule has 7 nitrogen and oxygen atoms in total. The first-order chi connectivity index (χ1) is 11.7. The van der Waals surface area contributed by atoms with Gasteiger partial charge in [0, 0.05) is 0 Å². The van der Waals surface area contributed by atoms with Gasteiger partial charge >= 0.3 is 5.97 Å². The van der Waals surface area contributed by atoms with Crippen LogP contribution in [-0.2, 0) is 19.1 Å². The first-order valence-corrected chi connectivity index (χ1v) is 9.10. The molecule has 7 heteroatoms. The number of carbonyl (C=O) groups is 3. The Morgan fingerprint density at radius 3 is 2.44 bits per heavy atom. The van der Waals surface area contributed by atoms with E-state index in [9.17, 15) is 19.6 Å². The summed E-state index contributed by atoms with van der Waals surface area (Å²) in [6.45, 7) is 7.50. The minimum atomic E-state index is -0.770. The van der Waals surface area contributed by atoms with Gasteiger partial charge in [-0.2, -0.15) is 0 Å². The highest BCUT2D eigenvalue weighted by Gasteiger charge is 2.37. The average Bonchev–Trinajstić information content (AvgIpc) is 2.50. The van der Waals surface area contributed by atoms with Crippen LogP contribution < -0.4 is 5.32 Å². The number of unbranched alkanes of at least 4 members (excludes halogenated alkanes) is 1. The largest absolute Gasteiger partial charge is 0.461 e. The van der Waals surface area contributed by atoms with Crippen molar-refractivity contribution in [2.24, 2.45) is 11.3 Å². The molecular formula is C18H32N2O5. The highest BCUT2D eigenvalue weighted by molar-refractivity contribution is 5.86. The number of nitrogens with one attached hydrogen (secondary N) is 1. The fourth-order valence-corrected chi connectivity index (χ4v) is 2.63.